The van der Waals surface area contributed by atoms with E-state index in [1.165, 1.54) is 80.5 Å². The Labute approximate surface area is 357 Å². The van der Waals surface area contributed by atoms with Gasteiger partial charge in [0.15, 0.2) is 5.82 Å². The molecule has 0 saturated carbocycles. The minimum atomic E-state index is 0.704. The van der Waals surface area contributed by atoms with E-state index in [1.807, 2.05) is 17.4 Å². The van der Waals surface area contributed by atoms with Crippen molar-refractivity contribution < 1.29 is 0 Å². The summed E-state index contributed by atoms with van der Waals surface area (Å²) in [4.78, 5) is 11.8. The zero-order valence-corrected chi connectivity index (χ0v) is 33.9. The molecule has 0 aliphatic heterocycles. The maximum Gasteiger partial charge on any atom is 0.160 e. The third-order valence-corrected chi connectivity index (χ3v) is 13.3. The Kier molecular flexibility index (Phi) is 8.39. The van der Waals surface area contributed by atoms with Crippen molar-refractivity contribution in [2.75, 3.05) is 0 Å². The standard InChI is InChI=1S/C58H36N2S/c1-3-16-40(17-4-1)55-47-24-12-13-25-48(47)57(56-43-21-9-7-15-37(43)31-32-50(55)56)49-34-33-46(44-22-10-11-23-45(44)49)52-36-51(59-58(60-52)41-18-5-2-6-19-41)38-27-29-39(30-28-38)54-35-42-20-8-14-26-53(42)61-54/h1-36H. The molecule has 0 N–H and O–H groups in total. The van der Waals surface area contributed by atoms with Gasteiger partial charge in [-0.2, -0.15) is 0 Å². The average Bonchev–Trinajstić information content (AvgIpc) is 3.78. The monoisotopic (exact) mass is 792 g/mol. The highest BCUT2D eigenvalue weighted by Gasteiger charge is 2.21. The molecule has 0 atom stereocenters. The lowest BCUT2D eigenvalue weighted by atomic mass is 9.82. The summed E-state index contributed by atoms with van der Waals surface area (Å²) in [5.41, 5.74) is 11.0. The Hall–Kier alpha value is -7.72. The molecule has 61 heavy (non-hydrogen) atoms. The van der Waals surface area contributed by atoms with Gasteiger partial charge in [-0.1, -0.05) is 200 Å². The van der Waals surface area contributed by atoms with Crippen LogP contribution in [0.3, 0.4) is 0 Å². The van der Waals surface area contributed by atoms with E-state index >= 15 is 0 Å². The second kappa shape index (κ2) is 14.5. The normalized spacial score (nSPS) is 11.6. The topological polar surface area (TPSA) is 25.8 Å². The number of thiophene rings is 1. The Balaban J connectivity index is 1.08. The minimum Gasteiger partial charge on any atom is -0.228 e. The maximum absolute atomic E-state index is 5.32. The van der Waals surface area contributed by atoms with Gasteiger partial charge in [0.25, 0.3) is 0 Å². The van der Waals surface area contributed by atoms with Crippen LogP contribution >= 0.6 is 11.3 Å². The fourth-order valence-electron chi connectivity index (χ4n) is 9.26. The maximum atomic E-state index is 5.32. The Bertz CT molecular complexity index is 3590. The molecule has 3 heteroatoms. The largest absolute Gasteiger partial charge is 0.228 e. The third kappa shape index (κ3) is 6.01. The van der Waals surface area contributed by atoms with Crippen LogP contribution in [0.5, 0.6) is 0 Å². The second-order valence-electron chi connectivity index (χ2n) is 15.6. The van der Waals surface area contributed by atoms with Crippen molar-refractivity contribution in [2.24, 2.45) is 0 Å². The smallest absolute Gasteiger partial charge is 0.160 e. The van der Waals surface area contributed by atoms with Crippen LogP contribution < -0.4 is 0 Å². The van der Waals surface area contributed by atoms with E-state index < -0.39 is 0 Å². The second-order valence-corrected chi connectivity index (χ2v) is 16.7. The van der Waals surface area contributed by atoms with Crippen molar-refractivity contribution in [1.82, 2.24) is 9.97 Å². The number of rotatable bonds is 6. The summed E-state index contributed by atoms with van der Waals surface area (Å²) < 4.78 is 1.30. The summed E-state index contributed by atoms with van der Waals surface area (Å²) in [6.45, 7) is 0. The van der Waals surface area contributed by atoms with Crippen LogP contribution in [0.4, 0.5) is 0 Å². The quantitative estimate of drug-likeness (QED) is 0.124. The van der Waals surface area contributed by atoms with Gasteiger partial charge in [0.1, 0.15) is 0 Å². The van der Waals surface area contributed by atoms with E-state index in [-0.39, 0.29) is 0 Å². The number of fused-ring (bicyclic) bond motifs is 6. The van der Waals surface area contributed by atoms with Gasteiger partial charge in [0.2, 0.25) is 0 Å². The van der Waals surface area contributed by atoms with Crippen LogP contribution in [0.1, 0.15) is 0 Å². The van der Waals surface area contributed by atoms with Crippen LogP contribution in [0.25, 0.3) is 120 Å². The van der Waals surface area contributed by atoms with Crippen LogP contribution in [0.2, 0.25) is 0 Å². The summed E-state index contributed by atoms with van der Waals surface area (Å²) in [5.74, 6) is 0.704. The average molecular weight is 793 g/mol. The van der Waals surface area contributed by atoms with Crippen molar-refractivity contribution in [3.63, 3.8) is 0 Å². The van der Waals surface area contributed by atoms with Gasteiger partial charge in [-0.05, 0) is 94.5 Å². The molecule has 0 bridgehead atoms. The lowest BCUT2D eigenvalue weighted by Crippen LogP contribution is -1.97. The molecular formula is C58H36N2S. The third-order valence-electron chi connectivity index (χ3n) is 12.1. The van der Waals surface area contributed by atoms with Crippen molar-refractivity contribution in [2.45, 2.75) is 0 Å². The van der Waals surface area contributed by atoms with Crippen LogP contribution in [-0.4, -0.2) is 9.97 Å². The molecule has 0 saturated heterocycles. The first kappa shape index (κ1) is 35.2. The Morgan fingerprint density at radius 2 is 0.869 bits per heavy atom. The molecule has 2 aromatic heterocycles. The van der Waals surface area contributed by atoms with Gasteiger partial charge < -0.3 is 0 Å². The summed E-state index contributed by atoms with van der Waals surface area (Å²) in [6, 6.07) is 78.8. The van der Waals surface area contributed by atoms with Crippen LogP contribution in [-0.2, 0) is 0 Å². The molecule has 0 unspecified atom stereocenters. The van der Waals surface area contributed by atoms with Gasteiger partial charge in [0, 0.05) is 26.3 Å². The Morgan fingerprint density at radius 3 is 1.61 bits per heavy atom. The molecule has 12 rings (SSSR count). The molecule has 10 aromatic carbocycles. The molecule has 2 nitrogen and oxygen atoms in total. The molecule has 12 aromatic rings. The summed E-state index contributed by atoms with van der Waals surface area (Å²) in [7, 11) is 0. The molecule has 0 fully saturated rings. The molecule has 2 heterocycles. The zero-order valence-electron chi connectivity index (χ0n) is 33.1. The fourth-order valence-corrected chi connectivity index (χ4v) is 10.3. The summed E-state index contributed by atoms with van der Waals surface area (Å²) in [5, 5.41) is 11.1. The van der Waals surface area contributed by atoms with E-state index in [1.54, 1.807) is 0 Å². The highest BCUT2D eigenvalue weighted by atomic mass is 32.1. The van der Waals surface area contributed by atoms with Gasteiger partial charge in [0.05, 0.1) is 11.4 Å². The van der Waals surface area contributed by atoms with Gasteiger partial charge in [-0.25, -0.2) is 9.97 Å². The highest BCUT2D eigenvalue weighted by molar-refractivity contribution is 7.22. The zero-order chi connectivity index (χ0) is 40.3. The van der Waals surface area contributed by atoms with E-state index in [0.29, 0.717) is 5.82 Å². The molecule has 0 radical (unpaired) electrons. The summed E-state index contributed by atoms with van der Waals surface area (Å²) >= 11 is 1.83. The van der Waals surface area contributed by atoms with Gasteiger partial charge in [-0.15, -0.1) is 11.3 Å². The van der Waals surface area contributed by atoms with Gasteiger partial charge >= 0.3 is 0 Å². The predicted molar refractivity (Wildman–Crippen MR) is 260 cm³/mol. The molecule has 0 aliphatic rings. The lowest BCUT2D eigenvalue weighted by molar-refractivity contribution is 1.18. The minimum absolute atomic E-state index is 0.704. The number of hydrogen-bond donors (Lipinski definition) is 0. The van der Waals surface area contributed by atoms with Crippen molar-refractivity contribution in [1.29, 1.82) is 0 Å². The number of benzene rings is 10. The first-order valence-corrected chi connectivity index (χ1v) is 21.5. The van der Waals surface area contributed by atoms with Crippen LogP contribution in [0, 0.1) is 0 Å². The van der Waals surface area contributed by atoms with E-state index in [9.17, 15) is 0 Å². The first-order valence-electron chi connectivity index (χ1n) is 20.7. The van der Waals surface area contributed by atoms with Gasteiger partial charge in [-0.3, -0.25) is 0 Å². The highest BCUT2D eigenvalue weighted by Crippen LogP contribution is 2.48. The lowest BCUT2D eigenvalue weighted by Gasteiger charge is -2.21. The molecular weight excluding hydrogens is 757 g/mol. The van der Waals surface area contributed by atoms with E-state index in [4.69, 9.17) is 9.97 Å². The van der Waals surface area contributed by atoms with Crippen molar-refractivity contribution >= 4 is 64.5 Å². The fraction of sp³-hybridized carbons (Fsp3) is 0. The van der Waals surface area contributed by atoms with Crippen molar-refractivity contribution in [3.8, 4) is 66.6 Å². The molecule has 0 amide bonds. The van der Waals surface area contributed by atoms with E-state index in [2.05, 4.69) is 212 Å². The molecule has 0 spiro atoms. The predicted octanol–water partition coefficient (Wildman–Crippen LogP) is 16.3. The molecule has 284 valence electrons. The number of nitrogens with zero attached hydrogens (tertiary/aromatic N) is 2. The Morgan fingerprint density at radius 1 is 0.311 bits per heavy atom. The summed E-state index contributed by atoms with van der Waals surface area (Å²) in [6.07, 6.45) is 0. The number of aromatic nitrogens is 2. The van der Waals surface area contributed by atoms with Crippen molar-refractivity contribution in [3.05, 3.63) is 218 Å². The molecule has 0 aliphatic carbocycles. The van der Waals surface area contributed by atoms with Crippen LogP contribution in [0.15, 0.2) is 218 Å². The van der Waals surface area contributed by atoms with E-state index in [0.717, 1.165) is 33.5 Å². The number of hydrogen-bond acceptors (Lipinski definition) is 3. The SMILES string of the molecule is c1ccc(-c2nc(-c3ccc(-c4cc5ccccc5s4)cc3)cc(-c3ccc(-c4c5ccccc5c(-c5ccccc5)c5ccc6ccccc6c45)c4ccccc34)n2)cc1. The first-order chi connectivity index (χ1) is 30.2.